The second-order valence-corrected chi connectivity index (χ2v) is 5.34. The quantitative estimate of drug-likeness (QED) is 0.811. The minimum Gasteiger partial charge on any atom is -0.491 e. The summed E-state index contributed by atoms with van der Waals surface area (Å²) in [4.78, 5) is 2.37. The third-order valence-corrected chi connectivity index (χ3v) is 3.67. The number of piperidine rings is 1. The maximum absolute atomic E-state index is 6.04. The normalized spacial score (nSPS) is 19.1. The van der Waals surface area contributed by atoms with Gasteiger partial charge in [-0.3, -0.25) is 0 Å². The standard InChI is InChI=1S/C16H26N2O2/c1-3-19-9-10-20-16-7-6-15(11-13(16)2)18-8-4-5-14(17)12-18/h6-7,11,14H,3-5,8-10,12,17H2,1-2H3. The van der Waals surface area contributed by atoms with Crippen LogP contribution < -0.4 is 15.4 Å². The molecule has 4 heteroatoms. The Morgan fingerprint density at radius 2 is 2.20 bits per heavy atom. The van der Waals surface area contributed by atoms with Crippen LogP contribution in [0.15, 0.2) is 18.2 Å². The Kier molecular flexibility index (Phi) is 5.68. The first-order chi connectivity index (χ1) is 9.70. The number of nitrogens with two attached hydrogens (primary N) is 1. The minimum absolute atomic E-state index is 0.297. The van der Waals surface area contributed by atoms with Crippen LogP contribution >= 0.6 is 0 Å². The third kappa shape index (κ3) is 4.12. The zero-order valence-electron chi connectivity index (χ0n) is 12.6. The Morgan fingerprint density at radius 3 is 2.90 bits per heavy atom. The molecule has 0 aliphatic carbocycles. The van der Waals surface area contributed by atoms with Crippen molar-refractivity contribution in [3.8, 4) is 5.75 Å². The summed E-state index contributed by atoms with van der Waals surface area (Å²) in [5.41, 5.74) is 8.45. The lowest BCUT2D eigenvalue weighted by Gasteiger charge is -2.33. The van der Waals surface area contributed by atoms with Gasteiger partial charge in [0.2, 0.25) is 0 Å². The Labute approximate surface area is 121 Å². The summed E-state index contributed by atoms with van der Waals surface area (Å²) in [5, 5.41) is 0. The summed E-state index contributed by atoms with van der Waals surface area (Å²) < 4.78 is 11.0. The minimum atomic E-state index is 0.297. The number of ether oxygens (including phenoxy) is 2. The van der Waals surface area contributed by atoms with Gasteiger partial charge < -0.3 is 20.1 Å². The van der Waals surface area contributed by atoms with Gasteiger partial charge in [-0.15, -0.1) is 0 Å². The Hall–Kier alpha value is -1.26. The molecule has 1 saturated heterocycles. The van der Waals surface area contributed by atoms with Crippen LogP contribution in [-0.2, 0) is 4.74 Å². The van der Waals surface area contributed by atoms with Gasteiger partial charge in [-0.1, -0.05) is 0 Å². The van der Waals surface area contributed by atoms with Crippen molar-refractivity contribution >= 4 is 5.69 Å². The van der Waals surface area contributed by atoms with E-state index >= 15 is 0 Å². The first-order valence-electron chi connectivity index (χ1n) is 7.52. The molecular formula is C16H26N2O2. The summed E-state index contributed by atoms with van der Waals surface area (Å²) in [7, 11) is 0. The smallest absolute Gasteiger partial charge is 0.122 e. The Balaban J connectivity index is 1.94. The average Bonchev–Trinajstić information content (AvgIpc) is 2.45. The van der Waals surface area contributed by atoms with Crippen LogP contribution in [0.2, 0.25) is 0 Å². The van der Waals surface area contributed by atoms with Crippen molar-refractivity contribution in [1.29, 1.82) is 0 Å². The molecular weight excluding hydrogens is 252 g/mol. The highest BCUT2D eigenvalue weighted by Crippen LogP contribution is 2.26. The second kappa shape index (κ2) is 7.50. The lowest BCUT2D eigenvalue weighted by atomic mass is 10.1. The van der Waals surface area contributed by atoms with Gasteiger partial charge in [0.1, 0.15) is 12.4 Å². The maximum atomic E-state index is 6.04. The molecule has 1 aliphatic rings. The first kappa shape index (κ1) is 15.1. The summed E-state index contributed by atoms with van der Waals surface area (Å²) in [6.07, 6.45) is 2.31. The van der Waals surface area contributed by atoms with Crippen molar-refractivity contribution in [2.45, 2.75) is 32.7 Å². The van der Waals surface area contributed by atoms with Crippen LogP contribution in [0, 0.1) is 6.92 Å². The van der Waals surface area contributed by atoms with Gasteiger partial charge in [0.15, 0.2) is 0 Å². The summed E-state index contributed by atoms with van der Waals surface area (Å²) >= 11 is 0. The Bertz CT molecular complexity index is 423. The monoisotopic (exact) mass is 278 g/mol. The van der Waals surface area contributed by atoms with E-state index in [1.54, 1.807) is 0 Å². The van der Waals surface area contributed by atoms with Crippen LogP contribution in [-0.4, -0.2) is 39.0 Å². The largest absolute Gasteiger partial charge is 0.491 e. The number of nitrogens with zero attached hydrogens (tertiary/aromatic N) is 1. The molecule has 0 amide bonds. The second-order valence-electron chi connectivity index (χ2n) is 5.34. The molecule has 4 nitrogen and oxygen atoms in total. The predicted octanol–water partition coefficient (Wildman–Crippen LogP) is 2.34. The maximum Gasteiger partial charge on any atom is 0.122 e. The molecule has 0 saturated carbocycles. The highest BCUT2D eigenvalue weighted by atomic mass is 16.5. The van der Waals surface area contributed by atoms with Crippen molar-refractivity contribution in [3.63, 3.8) is 0 Å². The number of rotatable bonds is 6. The summed E-state index contributed by atoms with van der Waals surface area (Å²) in [5.74, 6) is 0.940. The van der Waals surface area contributed by atoms with E-state index in [-0.39, 0.29) is 0 Å². The van der Waals surface area contributed by atoms with E-state index < -0.39 is 0 Å². The SMILES string of the molecule is CCOCCOc1ccc(N2CCCC(N)C2)cc1C. The molecule has 1 heterocycles. The highest BCUT2D eigenvalue weighted by Gasteiger charge is 2.17. The molecule has 1 aromatic rings. The predicted molar refractivity (Wildman–Crippen MR) is 82.6 cm³/mol. The number of anilines is 1. The molecule has 1 fully saturated rings. The van der Waals surface area contributed by atoms with Crippen LogP contribution in [0.25, 0.3) is 0 Å². The highest BCUT2D eigenvalue weighted by molar-refractivity contribution is 5.53. The lowest BCUT2D eigenvalue weighted by molar-refractivity contribution is 0.110. The van der Waals surface area contributed by atoms with Crippen molar-refractivity contribution in [2.24, 2.45) is 5.73 Å². The van der Waals surface area contributed by atoms with E-state index in [1.165, 1.54) is 12.1 Å². The van der Waals surface area contributed by atoms with Gasteiger partial charge in [-0.2, -0.15) is 0 Å². The zero-order chi connectivity index (χ0) is 14.4. The fourth-order valence-electron chi connectivity index (χ4n) is 2.59. The topological polar surface area (TPSA) is 47.7 Å². The molecule has 0 spiro atoms. The van der Waals surface area contributed by atoms with Crippen molar-refractivity contribution in [2.75, 3.05) is 37.8 Å². The van der Waals surface area contributed by atoms with Crippen LogP contribution in [0.4, 0.5) is 5.69 Å². The van der Waals surface area contributed by atoms with Gasteiger partial charge in [0, 0.05) is 31.4 Å². The van der Waals surface area contributed by atoms with E-state index in [9.17, 15) is 0 Å². The number of benzene rings is 1. The summed E-state index contributed by atoms with van der Waals surface area (Å²) in [6.45, 7) is 8.09. The molecule has 2 rings (SSSR count). The van der Waals surface area contributed by atoms with Gasteiger partial charge in [0.05, 0.1) is 6.61 Å². The van der Waals surface area contributed by atoms with Gasteiger partial charge in [-0.25, -0.2) is 0 Å². The van der Waals surface area contributed by atoms with E-state index in [4.69, 9.17) is 15.2 Å². The fourth-order valence-corrected chi connectivity index (χ4v) is 2.59. The van der Waals surface area contributed by atoms with Gasteiger partial charge in [0.25, 0.3) is 0 Å². The lowest BCUT2D eigenvalue weighted by Crippen LogP contribution is -2.42. The van der Waals surface area contributed by atoms with Crippen LogP contribution in [0.5, 0.6) is 5.75 Å². The average molecular weight is 278 g/mol. The van der Waals surface area contributed by atoms with Crippen LogP contribution in [0.1, 0.15) is 25.3 Å². The molecule has 1 atom stereocenters. The molecule has 0 radical (unpaired) electrons. The molecule has 2 N–H and O–H groups in total. The van der Waals surface area contributed by atoms with E-state index in [1.807, 2.05) is 6.92 Å². The number of hydrogen-bond donors (Lipinski definition) is 1. The fraction of sp³-hybridized carbons (Fsp3) is 0.625. The molecule has 0 bridgehead atoms. The number of hydrogen-bond acceptors (Lipinski definition) is 4. The third-order valence-electron chi connectivity index (χ3n) is 3.67. The number of aryl methyl sites for hydroxylation is 1. The van der Waals surface area contributed by atoms with Crippen molar-refractivity contribution in [3.05, 3.63) is 23.8 Å². The molecule has 1 unspecified atom stereocenters. The van der Waals surface area contributed by atoms with Gasteiger partial charge >= 0.3 is 0 Å². The first-order valence-corrected chi connectivity index (χ1v) is 7.52. The van der Waals surface area contributed by atoms with Crippen LogP contribution in [0.3, 0.4) is 0 Å². The van der Waals surface area contributed by atoms with E-state index in [0.29, 0.717) is 19.3 Å². The molecule has 1 aromatic carbocycles. The molecule has 0 aromatic heterocycles. The van der Waals surface area contributed by atoms with E-state index in [0.717, 1.165) is 37.4 Å². The molecule has 112 valence electrons. The molecule has 20 heavy (non-hydrogen) atoms. The van der Waals surface area contributed by atoms with Crippen molar-refractivity contribution in [1.82, 2.24) is 0 Å². The molecule has 1 aliphatic heterocycles. The van der Waals surface area contributed by atoms with E-state index in [2.05, 4.69) is 30.0 Å². The zero-order valence-corrected chi connectivity index (χ0v) is 12.6. The summed E-state index contributed by atoms with van der Waals surface area (Å²) in [6, 6.07) is 6.66. The van der Waals surface area contributed by atoms with Crippen molar-refractivity contribution < 1.29 is 9.47 Å². The van der Waals surface area contributed by atoms with Gasteiger partial charge in [-0.05, 0) is 50.5 Å². The Morgan fingerprint density at radius 1 is 1.35 bits per heavy atom.